The van der Waals surface area contributed by atoms with Crippen molar-refractivity contribution < 1.29 is 17.7 Å². The number of carbonyl (C=O) groups is 1. The Hall–Kier alpha value is -1.24. The molecule has 1 aromatic carbocycles. The molecule has 0 saturated heterocycles. The van der Waals surface area contributed by atoms with E-state index in [2.05, 4.69) is 9.50 Å². The smallest absolute Gasteiger partial charge is 0.336 e. The van der Waals surface area contributed by atoms with Crippen LogP contribution in [-0.4, -0.2) is 27.8 Å². The molecule has 0 radical (unpaired) electrons. The van der Waals surface area contributed by atoms with Gasteiger partial charge in [0.05, 0.1) is 0 Å². The average Bonchev–Trinajstić information content (AvgIpc) is 2.26. The normalized spacial score (nSPS) is 14.1. The van der Waals surface area contributed by atoms with Gasteiger partial charge in [0.2, 0.25) is 0 Å². The lowest BCUT2D eigenvalue weighted by Crippen LogP contribution is -2.37. The van der Waals surface area contributed by atoms with Crippen molar-refractivity contribution in [3.8, 4) is 0 Å². The number of carbonyl (C=O) groups excluding carboxylic acids is 1. The van der Waals surface area contributed by atoms with Gasteiger partial charge in [-0.25, -0.2) is 9.00 Å². The first-order valence-corrected chi connectivity index (χ1v) is 5.66. The second kappa shape index (κ2) is 6.37. The highest BCUT2D eigenvalue weighted by Gasteiger charge is 2.18. The maximum absolute atomic E-state index is 11.3. The fraction of sp³-hybridized carbons (Fsp3) is 0.300. The first-order chi connectivity index (χ1) is 7.63. The van der Waals surface area contributed by atoms with Crippen molar-refractivity contribution in [3.05, 3.63) is 35.9 Å². The van der Waals surface area contributed by atoms with Crippen LogP contribution in [-0.2, 0) is 26.8 Å². The molecule has 0 heterocycles. The second-order valence-corrected chi connectivity index (χ2v) is 3.71. The van der Waals surface area contributed by atoms with Crippen LogP contribution in [0, 0.1) is 0 Å². The molecule has 1 N–H and O–H groups in total. The van der Waals surface area contributed by atoms with E-state index in [-0.39, 0.29) is 0 Å². The molecule has 0 aliphatic heterocycles. The van der Waals surface area contributed by atoms with Gasteiger partial charge in [-0.3, -0.25) is 0 Å². The highest BCUT2D eigenvalue weighted by molar-refractivity contribution is 7.74. The molecular weight excluding hydrogens is 230 g/mol. The van der Waals surface area contributed by atoms with Crippen LogP contribution < -0.4 is 5.32 Å². The SMILES string of the molecule is CN[C@@H](Cc1ccccc1)C(=O)OS(=O)[O-]. The fourth-order valence-electron chi connectivity index (χ4n) is 1.28. The van der Waals surface area contributed by atoms with Gasteiger partial charge in [0.1, 0.15) is 17.4 Å². The third-order valence-corrected chi connectivity index (χ3v) is 2.37. The molecule has 0 saturated carbocycles. The molecule has 1 rings (SSSR count). The predicted octanol–water partition coefficient (Wildman–Crippen LogP) is 0.154. The zero-order chi connectivity index (χ0) is 12.0. The van der Waals surface area contributed by atoms with Gasteiger partial charge in [0.15, 0.2) is 0 Å². The van der Waals surface area contributed by atoms with Crippen molar-refractivity contribution in [3.63, 3.8) is 0 Å². The number of rotatable bonds is 5. The van der Waals surface area contributed by atoms with E-state index in [1.54, 1.807) is 7.05 Å². The highest BCUT2D eigenvalue weighted by Crippen LogP contribution is 2.04. The summed E-state index contributed by atoms with van der Waals surface area (Å²) in [6.07, 6.45) is 0.382. The van der Waals surface area contributed by atoms with E-state index in [4.69, 9.17) is 0 Å². The molecule has 0 amide bonds. The summed E-state index contributed by atoms with van der Waals surface area (Å²) in [6.45, 7) is 0. The molecule has 1 unspecified atom stereocenters. The van der Waals surface area contributed by atoms with Crippen molar-refractivity contribution in [2.75, 3.05) is 7.05 Å². The molecular formula is C10H12NO4S-. The van der Waals surface area contributed by atoms with Gasteiger partial charge in [-0.15, -0.1) is 0 Å². The molecule has 0 bridgehead atoms. The molecule has 0 aliphatic rings. The summed E-state index contributed by atoms with van der Waals surface area (Å²) in [5.74, 6) is -0.806. The number of nitrogens with one attached hydrogen (secondary N) is 1. The molecule has 5 nitrogen and oxygen atoms in total. The van der Waals surface area contributed by atoms with Crippen LogP contribution in [0.3, 0.4) is 0 Å². The lowest BCUT2D eigenvalue weighted by molar-refractivity contribution is -0.136. The average molecular weight is 242 g/mol. The molecule has 88 valence electrons. The van der Waals surface area contributed by atoms with Gasteiger partial charge in [-0.1, -0.05) is 30.3 Å². The first-order valence-electron chi connectivity index (χ1n) is 4.66. The summed E-state index contributed by atoms with van der Waals surface area (Å²) in [5.41, 5.74) is 0.926. The predicted molar refractivity (Wildman–Crippen MR) is 58.0 cm³/mol. The van der Waals surface area contributed by atoms with Gasteiger partial charge < -0.3 is 14.1 Å². The molecule has 0 spiro atoms. The fourth-order valence-corrected chi connectivity index (χ4v) is 1.53. The summed E-state index contributed by atoms with van der Waals surface area (Å²) in [5, 5.41) is 2.71. The topological polar surface area (TPSA) is 78.5 Å². The zero-order valence-electron chi connectivity index (χ0n) is 8.71. The summed E-state index contributed by atoms with van der Waals surface area (Å²) in [4.78, 5) is 11.3. The largest absolute Gasteiger partial charge is 0.740 e. The number of likely N-dealkylation sites (N-methyl/N-ethyl adjacent to an activating group) is 1. The summed E-state index contributed by atoms with van der Waals surface area (Å²) < 4.78 is 24.5. The van der Waals surface area contributed by atoms with E-state index in [0.29, 0.717) is 6.42 Å². The molecule has 16 heavy (non-hydrogen) atoms. The van der Waals surface area contributed by atoms with E-state index in [1.807, 2.05) is 30.3 Å². The van der Waals surface area contributed by atoms with Crippen LogP contribution in [0.15, 0.2) is 30.3 Å². The quantitative estimate of drug-likeness (QED) is 0.744. The van der Waals surface area contributed by atoms with E-state index >= 15 is 0 Å². The standard InChI is InChI=1S/C10H13NO4S/c1-11-9(10(12)15-16(13)14)7-8-5-3-2-4-6-8/h2-6,9,11H,7H2,1H3,(H,13,14)/p-1/t9-/m0/s1. The number of hydrogen-bond donors (Lipinski definition) is 1. The monoisotopic (exact) mass is 242 g/mol. The van der Waals surface area contributed by atoms with Gasteiger partial charge in [-0.05, 0) is 19.0 Å². The molecule has 2 atom stereocenters. The van der Waals surface area contributed by atoms with Crippen molar-refractivity contribution in [1.29, 1.82) is 0 Å². The molecule has 0 fully saturated rings. The lowest BCUT2D eigenvalue weighted by atomic mass is 10.1. The minimum atomic E-state index is -2.82. The van der Waals surface area contributed by atoms with Crippen molar-refractivity contribution in [2.45, 2.75) is 12.5 Å². The van der Waals surface area contributed by atoms with Crippen molar-refractivity contribution in [2.24, 2.45) is 0 Å². The Morgan fingerprint density at radius 3 is 2.62 bits per heavy atom. The molecule has 6 heteroatoms. The number of benzene rings is 1. The number of hydrogen-bond acceptors (Lipinski definition) is 5. The maximum Gasteiger partial charge on any atom is 0.336 e. The van der Waals surface area contributed by atoms with E-state index in [0.717, 1.165) is 5.56 Å². The van der Waals surface area contributed by atoms with Crippen molar-refractivity contribution in [1.82, 2.24) is 5.32 Å². The Balaban J connectivity index is 2.62. The van der Waals surface area contributed by atoms with E-state index in [1.165, 1.54) is 0 Å². The Kier molecular flexibility index (Phi) is 5.10. The van der Waals surface area contributed by atoms with E-state index < -0.39 is 23.4 Å². The van der Waals surface area contributed by atoms with Crippen LogP contribution in [0.4, 0.5) is 0 Å². The Morgan fingerprint density at radius 1 is 1.50 bits per heavy atom. The van der Waals surface area contributed by atoms with Crippen LogP contribution in [0.1, 0.15) is 5.56 Å². The minimum absolute atomic E-state index is 0.382. The third kappa shape index (κ3) is 4.09. The van der Waals surface area contributed by atoms with Crippen LogP contribution in [0.25, 0.3) is 0 Å². The summed E-state index contributed by atoms with van der Waals surface area (Å²) >= 11 is -2.82. The summed E-state index contributed by atoms with van der Waals surface area (Å²) in [7, 11) is 1.57. The van der Waals surface area contributed by atoms with Crippen LogP contribution >= 0.6 is 0 Å². The van der Waals surface area contributed by atoms with Crippen molar-refractivity contribution >= 4 is 17.3 Å². The van der Waals surface area contributed by atoms with Crippen LogP contribution in [0.5, 0.6) is 0 Å². The third-order valence-electron chi connectivity index (χ3n) is 2.07. The molecule has 1 aromatic rings. The van der Waals surface area contributed by atoms with Gasteiger partial charge in [0, 0.05) is 0 Å². The van der Waals surface area contributed by atoms with E-state index in [9.17, 15) is 13.6 Å². The van der Waals surface area contributed by atoms with Crippen LogP contribution in [0.2, 0.25) is 0 Å². The highest BCUT2D eigenvalue weighted by atomic mass is 32.2. The maximum atomic E-state index is 11.3. The van der Waals surface area contributed by atoms with Gasteiger partial charge in [-0.2, -0.15) is 0 Å². The minimum Gasteiger partial charge on any atom is -0.740 e. The second-order valence-electron chi connectivity index (χ2n) is 3.14. The Morgan fingerprint density at radius 2 is 2.12 bits per heavy atom. The molecule has 0 aliphatic carbocycles. The zero-order valence-corrected chi connectivity index (χ0v) is 9.53. The van der Waals surface area contributed by atoms with Gasteiger partial charge >= 0.3 is 5.97 Å². The first kappa shape index (κ1) is 12.8. The Labute approximate surface area is 96.3 Å². The Bertz CT molecular complexity index is 368. The lowest BCUT2D eigenvalue weighted by Gasteiger charge is -2.15. The van der Waals surface area contributed by atoms with Gasteiger partial charge in [0.25, 0.3) is 0 Å². The molecule has 0 aromatic heterocycles. The summed E-state index contributed by atoms with van der Waals surface area (Å²) in [6, 6.07) is 8.60.